The topological polar surface area (TPSA) is 29.4 Å². The summed E-state index contributed by atoms with van der Waals surface area (Å²) < 4.78 is 0. The average Bonchev–Trinajstić information content (AvgIpc) is 1.89. The van der Waals surface area contributed by atoms with Gasteiger partial charge >= 0.3 is 0 Å². The number of aliphatic imine (C=N–C) groups is 1. The molecule has 0 aromatic rings. The molecule has 0 N–H and O–H groups in total. The van der Waals surface area contributed by atoms with Crippen LogP contribution in [0.4, 0.5) is 0 Å². The second kappa shape index (κ2) is 7.34. The highest BCUT2D eigenvalue weighted by Gasteiger charge is 1.80. The maximum Gasteiger partial charge on any atom is 0.232 e. The molecule has 1 amide bonds. The van der Waals surface area contributed by atoms with Gasteiger partial charge in [0, 0.05) is 6.21 Å². The molecule has 0 aliphatic heterocycles. The number of carbonyl (C=O) groups excluding carboxylic acids is 1. The van der Waals surface area contributed by atoms with Crippen LogP contribution in [0, 0.1) is 0 Å². The number of unbranched alkanes of at least 4 members (excludes halogenated alkanes) is 3. The van der Waals surface area contributed by atoms with Crippen LogP contribution in [0.15, 0.2) is 4.99 Å². The lowest BCUT2D eigenvalue weighted by Crippen LogP contribution is -1.76. The van der Waals surface area contributed by atoms with E-state index in [2.05, 4.69) is 11.9 Å². The minimum atomic E-state index is 0.575. The van der Waals surface area contributed by atoms with Crippen molar-refractivity contribution in [1.29, 1.82) is 0 Å². The molecule has 52 valence electrons. The van der Waals surface area contributed by atoms with Gasteiger partial charge in [-0.25, -0.2) is 4.99 Å². The number of hydrogen-bond donors (Lipinski definition) is 0. The summed E-state index contributed by atoms with van der Waals surface area (Å²) in [6.07, 6.45) is 6.77. The minimum absolute atomic E-state index is 0.575. The Morgan fingerprint density at radius 1 is 1.44 bits per heavy atom. The first-order valence-corrected chi connectivity index (χ1v) is 3.37. The van der Waals surface area contributed by atoms with Gasteiger partial charge in [0.25, 0.3) is 0 Å². The van der Waals surface area contributed by atoms with Crippen molar-refractivity contribution in [3.8, 4) is 0 Å². The fourth-order valence-electron chi connectivity index (χ4n) is 0.603. The molecule has 9 heavy (non-hydrogen) atoms. The molecule has 0 aromatic heterocycles. The Hall–Kier alpha value is -0.660. The molecule has 2 nitrogen and oxygen atoms in total. The Morgan fingerprint density at radius 2 is 2.22 bits per heavy atom. The molecule has 0 radical (unpaired) electrons. The van der Waals surface area contributed by atoms with Crippen molar-refractivity contribution in [1.82, 2.24) is 0 Å². The second-order valence-electron chi connectivity index (χ2n) is 1.93. The summed E-state index contributed by atoms with van der Waals surface area (Å²) in [5, 5.41) is 0. The zero-order chi connectivity index (χ0) is 6.95. The summed E-state index contributed by atoms with van der Waals surface area (Å²) in [6, 6.07) is 0. The molecule has 0 rings (SSSR count). The zero-order valence-corrected chi connectivity index (χ0v) is 5.84. The first kappa shape index (κ1) is 8.34. The van der Waals surface area contributed by atoms with E-state index in [-0.39, 0.29) is 0 Å². The molecule has 0 unspecified atom stereocenters. The summed E-state index contributed by atoms with van der Waals surface area (Å²) in [5.74, 6) is 0. The number of rotatable bonds is 5. The van der Waals surface area contributed by atoms with Crippen molar-refractivity contribution in [2.45, 2.75) is 32.6 Å². The Balaban J connectivity index is 2.90. The Labute approximate surface area is 56.0 Å². The van der Waals surface area contributed by atoms with Crippen LogP contribution in [0.3, 0.4) is 0 Å². The highest BCUT2D eigenvalue weighted by molar-refractivity contribution is 5.68. The SMILES string of the molecule is CCCCCC=NC=O. The van der Waals surface area contributed by atoms with E-state index in [4.69, 9.17) is 0 Å². The van der Waals surface area contributed by atoms with Crippen molar-refractivity contribution < 1.29 is 4.79 Å². The second-order valence-corrected chi connectivity index (χ2v) is 1.93. The third-order valence-electron chi connectivity index (χ3n) is 1.10. The summed E-state index contributed by atoms with van der Waals surface area (Å²) in [7, 11) is 0. The molecule has 0 saturated carbocycles. The van der Waals surface area contributed by atoms with E-state index in [0.29, 0.717) is 6.41 Å². The Bertz CT molecular complexity index is 88.9. The quantitative estimate of drug-likeness (QED) is 0.314. The molecule has 0 aromatic carbocycles. The minimum Gasteiger partial charge on any atom is -0.276 e. The van der Waals surface area contributed by atoms with Crippen LogP contribution in [0.25, 0.3) is 0 Å². The van der Waals surface area contributed by atoms with Gasteiger partial charge in [-0.15, -0.1) is 0 Å². The fraction of sp³-hybridized carbons (Fsp3) is 0.714. The number of carbonyl (C=O) groups is 1. The van der Waals surface area contributed by atoms with E-state index in [1.54, 1.807) is 6.21 Å². The van der Waals surface area contributed by atoms with E-state index in [9.17, 15) is 4.79 Å². The van der Waals surface area contributed by atoms with Crippen molar-refractivity contribution in [2.24, 2.45) is 4.99 Å². The third kappa shape index (κ3) is 7.34. The summed E-state index contributed by atoms with van der Waals surface area (Å²) in [6.45, 7) is 2.15. The predicted molar refractivity (Wildman–Crippen MR) is 38.7 cm³/mol. The van der Waals surface area contributed by atoms with Crippen LogP contribution in [-0.4, -0.2) is 12.6 Å². The van der Waals surface area contributed by atoms with Crippen molar-refractivity contribution in [3.05, 3.63) is 0 Å². The highest BCUT2D eigenvalue weighted by Crippen LogP contribution is 1.95. The van der Waals surface area contributed by atoms with Gasteiger partial charge in [-0.05, 0) is 12.8 Å². The average molecular weight is 127 g/mol. The standard InChI is InChI=1S/C7H13NO/c1-2-3-4-5-6-8-7-9/h6-7H,2-5H2,1H3. The summed E-state index contributed by atoms with van der Waals surface area (Å²) in [4.78, 5) is 13.1. The largest absolute Gasteiger partial charge is 0.276 e. The van der Waals surface area contributed by atoms with E-state index >= 15 is 0 Å². The lowest BCUT2D eigenvalue weighted by atomic mass is 10.2. The monoisotopic (exact) mass is 127 g/mol. The van der Waals surface area contributed by atoms with Gasteiger partial charge in [0.05, 0.1) is 0 Å². The Kier molecular flexibility index (Phi) is 6.80. The van der Waals surface area contributed by atoms with Crippen molar-refractivity contribution in [2.75, 3.05) is 0 Å². The van der Waals surface area contributed by atoms with Crippen LogP contribution in [-0.2, 0) is 4.79 Å². The van der Waals surface area contributed by atoms with Crippen molar-refractivity contribution in [3.63, 3.8) is 0 Å². The molecule has 0 fully saturated rings. The number of hydrogen-bond acceptors (Lipinski definition) is 1. The first-order chi connectivity index (χ1) is 4.41. The summed E-state index contributed by atoms with van der Waals surface area (Å²) in [5.41, 5.74) is 0. The molecule has 0 saturated heterocycles. The van der Waals surface area contributed by atoms with Crippen LogP contribution in [0.1, 0.15) is 32.6 Å². The smallest absolute Gasteiger partial charge is 0.232 e. The van der Waals surface area contributed by atoms with Gasteiger partial charge in [-0.2, -0.15) is 0 Å². The maximum absolute atomic E-state index is 9.64. The van der Waals surface area contributed by atoms with Crippen molar-refractivity contribution >= 4 is 12.6 Å². The molecule has 2 heteroatoms. The molecule has 0 atom stereocenters. The van der Waals surface area contributed by atoms with Gasteiger partial charge in [-0.1, -0.05) is 19.8 Å². The van der Waals surface area contributed by atoms with Gasteiger partial charge in [0.2, 0.25) is 6.41 Å². The lowest BCUT2D eigenvalue weighted by Gasteiger charge is -1.88. The Morgan fingerprint density at radius 3 is 2.78 bits per heavy atom. The zero-order valence-electron chi connectivity index (χ0n) is 5.84. The molecule has 0 aliphatic rings. The van der Waals surface area contributed by atoms with Crippen LogP contribution >= 0.6 is 0 Å². The highest BCUT2D eigenvalue weighted by atomic mass is 16.1. The molecule has 0 bridgehead atoms. The normalized spacial score (nSPS) is 10.3. The first-order valence-electron chi connectivity index (χ1n) is 3.37. The van der Waals surface area contributed by atoms with Crippen LogP contribution in [0.5, 0.6) is 0 Å². The van der Waals surface area contributed by atoms with Crippen LogP contribution in [0.2, 0.25) is 0 Å². The molecule has 0 aliphatic carbocycles. The predicted octanol–water partition coefficient (Wildman–Crippen LogP) is 1.79. The van der Waals surface area contributed by atoms with Gasteiger partial charge < -0.3 is 0 Å². The van der Waals surface area contributed by atoms with Gasteiger partial charge in [0.15, 0.2) is 0 Å². The van der Waals surface area contributed by atoms with E-state index in [1.807, 2.05) is 0 Å². The third-order valence-corrected chi connectivity index (χ3v) is 1.10. The maximum atomic E-state index is 9.64. The number of amides is 1. The fourth-order valence-corrected chi connectivity index (χ4v) is 0.603. The van der Waals surface area contributed by atoms with Gasteiger partial charge in [0.1, 0.15) is 0 Å². The molecular formula is C7H13NO. The van der Waals surface area contributed by atoms with Gasteiger partial charge in [-0.3, -0.25) is 4.79 Å². The lowest BCUT2D eigenvalue weighted by molar-refractivity contribution is -0.106. The summed E-state index contributed by atoms with van der Waals surface area (Å²) >= 11 is 0. The van der Waals surface area contributed by atoms with E-state index in [0.717, 1.165) is 12.8 Å². The van der Waals surface area contributed by atoms with Crippen LogP contribution < -0.4 is 0 Å². The molecular weight excluding hydrogens is 114 g/mol. The van der Waals surface area contributed by atoms with E-state index in [1.165, 1.54) is 12.8 Å². The molecule has 0 heterocycles. The number of nitrogens with zero attached hydrogens (tertiary/aromatic N) is 1. The molecule has 0 spiro atoms. The van der Waals surface area contributed by atoms with E-state index < -0.39 is 0 Å².